The fourth-order valence-electron chi connectivity index (χ4n) is 2.21. The molecule has 0 aliphatic carbocycles. The molecule has 0 saturated heterocycles. The first kappa shape index (κ1) is 16.6. The minimum atomic E-state index is 1.25. The molecule has 0 atom stereocenters. The van der Waals surface area contributed by atoms with Crippen LogP contribution in [0.2, 0.25) is 0 Å². The number of rotatable bonds is 12. The smallest absolute Gasteiger partial charge is 0.0278 e. The van der Waals surface area contributed by atoms with E-state index in [1.165, 1.54) is 74.9 Å². The van der Waals surface area contributed by atoms with Gasteiger partial charge in [-0.1, -0.05) is 64.7 Å². The highest BCUT2D eigenvalue weighted by Crippen LogP contribution is 2.19. The Kier molecular flexibility index (Phi) is 10.9. The predicted molar refractivity (Wildman–Crippen MR) is 86.8 cm³/mol. The second-order valence-electron chi connectivity index (χ2n) is 5.21. The van der Waals surface area contributed by atoms with E-state index in [2.05, 4.69) is 24.0 Å². The van der Waals surface area contributed by atoms with Crippen LogP contribution >= 0.6 is 11.8 Å². The number of hydrogen-bond acceptors (Lipinski definition) is 2. The Balaban J connectivity index is 1.79. The molecule has 19 heavy (non-hydrogen) atoms. The lowest BCUT2D eigenvalue weighted by Gasteiger charge is -2.03. The maximum atomic E-state index is 4.04. The Morgan fingerprint density at radius 3 is 1.89 bits per heavy atom. The molecular weight excluding hydrogens is 250 g/mol. The zero-order valence-corrected chi connectivity index (χ0v) is 13.3. The number of hydrogen-bond donors (Lipinski definition) is 0. The number of aromatic nitrogens is 1. The van der Waals surface area contributed by atoms with Crippen LogP contribution in [0.25, 0.3) is 0 Å². The van der Waals surface area contributed by atoms with Gasteiger partial charge < -0.3 is 0 Å². The molecule has 1 aromatic heterocycles. The highest BCUT2D eigenvalue weighted by molar-refractivity contribution is 7.99. The van der Waals surface area contributed by atoms with Crippen LogP contribution in [0.5, 0.6) is 0 Å². The summed E-state index contributed by atoms with van der Waals surface area (Å²) in [4.78, 5) is 5.39. The SMILES string of the molecule is CCCCCCCCCCCCSc1ccncc1. The van der Waals surface area contributed by atoms with E-state index in [-0.39, 0.29) is 0 Å². The van der Waals surface area contributed by atoms with Crippen molar-refractivity contribution in [3.05, 3.63) is 24.5 Å². The van der Waals surface area contributed by atoms with E-state index in [1.807, 2.05) is 24.2 Å². The minimum Gasteiger partial charge on any atom is -0.265 e. The van der Waals surface area contributed by atoms with E-state index < -0.39 is 0 Å². The highest BCUT2D eigenvalue weighted by atomic mass is 32.2. The van der Waals surface area contributed by atoms with E-state index in [0.717, 1.165) is 0 Å². The van der Waals surface area contributed by atoms with Gasteiger partial charge in [-0.05, 0) is 24.3 Å². The molecule has 0 spiro atoms. The van der Waals surface area contributed by atoms with Gasteiger partial charge in [0.2, 0.25) is 0 Å². The molecule has 1 nitrogen and oxygen atoms in total. The minimum absolute atomic E-state index is 1.25. The van der Waals surface area contributed by atoms with Gasteiger partial charge in [0.15, 0.2) is 0 Å². The lowest BCUT2D eigenvalue weighted by Crippen LogP contribution is -1.84. The van der Waals surface area contributed by atoms with E-state index in [1.54, 1.807) is 0 Å². The molecule has 0 bridgehead atoms. The summed E-state index contributed by atoms with van der Waals surface area (Å²) in [5, 5.41) is 0. The van der Waals surface area contributed by atoms with Gasteiger partial charge in [-0.2, -0.15) is 0 Å². The molecule has 0 aliphatic rings. The van der Waals surface area contributed by atoms with Crippen LogP contribution in [0, 0.1) is 0 Å². The van der Waals surface area contributed by atoms with Crippen molar-refractivity contribution >= 4 is 11.8 Å². The largest absolute Gasteiger partial charge is 0.265 e. The molecular formula is C17H29NS. The topological polar surface area (TPSA) is 12.9 Å². The average Bonchev–Trinajstić information content (AvgIpc) is 2.46. The predicted octanol–water partition coefficient (Wildman–Crippen LogP) is 6.09. The van der Waals surface area contributed by atoms with Gasteiger partial charge in [0.05, 0.1) is 0 Å². The third-order valence-corrected chi connectivity index (χ3v) is 4.51. The Hall–Kier alpha value is -0.500. The van der Waals surface area contributed by atoms with Crippen molar-refractivity contribution in [2.24, 2.45) is 0 Å². The summed E-state index contributed by atoms with van der Waals surface area (Å²) in [7, 11) is 0. The van der Waals surface area contributed by atoms with E-state index in [9.17, 15) is 0 Å². The summed E-state index contributed by atoms with van der Waals surface area (Å²) in [6.07, 6.45) is 17.9. The monoisotopic (exact) mass is 279 g/mol. The Morgan fingerprint density at radius 1 is 0.789 bits per heavy atom. The van der Waals surface area contributed by atoms with Crippen molar-refractivity contribution in [2.75, 3.05) is 5.75 Å². The second kappa shape index (κ2) is 12.5. The molecule has 1 rings (SSSR count). The van der Waals surface area contributed by atoms with E-state index >= 15 is 0 Å². The molecule has 0 radical (unpaired) electrons. The van der Waals surface area contributed by atoms with Gasteiger partial charge in [-0.15, -0.1) is 11.8 Å². The maximum absolute atomic E-state index is 4.04. The number of nitrogens with zero attached hydrogens (tertiary/aromatic N) is 1. The number of thioether (sulfide) groups is 1. The summed E-state index contributed by atoms with van der Waals surface area (Å²) >= 11 is 1.96. The molecule has 0 fully saturated rings. The third-order valence-electron chi connectivity index (χ3n) is 3.42. The van der Waals surface area contributed by atoms with Gasteiger partial charge in [-0.25, -0.2) is 0 Å². The van der Waals surface area contributed by atoms with Crippen molar-refractivity contribution in [1.82, 2.24) is 4.98 Å². The first-order chi connectivity index (χ1) is 9.43. The van der Waals surface area contributed by atoms with E-state index in [0.29, 0.717) is 0 Å². The van der Waals surface area contributed by atoms with Gasteiger partial charge in [0, 0.05) is 17.3 Å². The highest BCUT2D eigenvalue weighted by Gasteiger charge is 1.94. The first-order valence-corrected chi connectivity index (χ1v) is 8.95. The third kappa shape index (κ3) is 10.0. The normalized spacial score (nSPS) is 10.8. The van der Waals surface area contributed by atoms with Gasteiger partial charge >= 0.3 is 0 Å². The molecule has 0 aromatic carbocycles. The molecule has 0 amide bonds. The van der Waals surface area contributed by atoms with Crippen molar-refractivity contribution in [3.8, 4) is 0 Å². The zero-order valence-electron chi connectivity index (χ0n) is 12.4. The average molecular weight is 279 g/mol. The zero-order chi connectivity index (χ0) is 13.6. The van der Waals surface area contributed by atoms with Crippen LogP contribution < -0.4 is 0 Å². The summed E-state index contributed by atoms with van der Waals surface area (Å²) < 4.78 is 0. The lowest BCUT2D eigenvalue weighted by molar-refractivity contribution is 0.563. The van der Waals surface area contributed by atoms with Crippen LogP contribution in [-0.2, 0) is 0 Å². The van der Waals surface area contributed by atoms with Gasteiger partial charge in [-0.3, -0.25) is 4.98 Å². The summed E-state index contributed by atoms with van der Waals surface area (Å²) in [6, 6.07) is 4.20. The van der Waals surface area contributed by atoms with Crippen LogP contribution in [0.3, 0.4) is 0 Å². The summed E-state index contributed by atoms with van der Waals surface area (Å²) in [5.41, 5.74) is 0. The molecule has 0 saturated carbocycles. The molecule has 108 valence electrons. The van der Waals surface area contributed by atoms with Crippen molar-refractivity contribution in [1.29, 1.82) is 0 Å². The van der Waals surface area contributed by atoms with Crippen LogP contribution in [-0.4, -0.2) is 10.7 Å². The number of unbranched alkanes of at least 4 members (excludes halogenated alkanes) is 9. The lowest BCUT2D eigenvalue weighted by atomic mass is 10.1. The molecule has 1 heterocycles. The summed E-state index contributed by atoms with van der Waals surface area (Å²) in [5.74, 6) is 1.25. The Morgan fingerprint density at radius 2 is 1.32 bits per heavy atom. The van der Waals surface area contributed by atoms with E-state index in [4.69, 9.17) is 0 Å². The van der Waals surface area contributed by atoms with Crippen molar-refractivity contribution in [2.45, 2.75) is 76.0 Å². The molecule has 0 unspecified atom stereocenters. The fraction of sp³-hybridized carbons (Fsp3) is 0.706. The maximum Gasteiger partial charge on any atom is 0.0278 e. The van der Waals surface area contributed by atoms with Crippen molar-refractivity contribution < 1.29 is 0 Å². The van der Waals surface area contributed by atoms with Crippen LogP contribution in [0.4, 0.5) is 0 Å². The van der Waals surface area contributed by atoms with Gasteiger partial charge in [0.1, 0.15) is 0 Å². The summed E-state index contributed by atoms with van der Waals surface area (Å²) in [6.45, 7) is 2.28. The van der Waals surface area contributed by atoms with Gasteiger partial charge in [0.25, 0.3) is 0 Å². The standard InChI is InChI=1S/C17H29NS/c1-2-3-4-5-6-7-8-9-10-11-16-19-17-12-14-18-15-13-17/h12-15H,2-11,16H2,1H3. The van der Waals surface area contributed by atoms with Crippen LogP contribution in [0.15, 0.2) is 29.4 Å². The number of pyridine rings is 1. The quantitative estimate of drug-likeness (QED) is 0.339. The molecule has 2 heteroatoms. The van der Waals surface area contributed by atoms with Crippen molar-refractivity contribution in [3.63, 3.8) is 0 Å². The van der Waals surface area contributed by atoms with Crippen LogP contribution in [0.1, 0.15) is 71.1 Å². The first-order valence-electron chi connectivity index (χ1n) is 7.96. The fourth-order valence-corrected chi connectivity index (χ4v) is 3.11. The second-order valence-corrected chi connectivity index (χ2v) is 6.38. The molecule has 1 aromatic rings. The molecule has 0 N–H and O–H groups in total. The Labute approximate surface area is 123 Å². The Bertz CT molecular complexity index is 287. The molecule has 0 aliphatic heterocycles.